The van der Waals surface area contributed by atoms with Gasteiger partial charge in [-0.1, -0.05) is 30.3 Å². The van der Waals surface area contributed by atoms with Crippen molar-refractivity contribution in [1.29, 1.82) is 0 Å². The highest BCUT2D eigenvalue weighted by molar-refractivity contribution is 14.0. The van der Waals surface area contributed by atoms with Crippen LogP contribution < -0.4 is 16.0 Å². The number of guanidine groups is 1. The van der Waals surface area contributed by atoms with Crippen molar-refractivity contribution < 1.29 is 13.9 Å². The Labute approximate surface area is 205 Å². The maximum absolute atomic E-state index is 14.2. The van der Waals surface area contributed by atoms with E-state index in [1.54, 1.807) is 13.1 Å². The van der Waals surface area contributed by atoms with Gasteiger partial charge in [-0.3, -0.25) is 9.79 Å². The summed E-state index contributed by atoms with van der Waals surface area (Å²) in [5.41, 5.74) is 2.38. The molecule has 1 aliphatic carbocycles. The summed E-state index contributed by atoms with van der Waals surface area (Å²) in [5, 5.41) is 9.56. The second-order valence-electron chi connectivity index (χ2n) is 8.23. The molecule has 0 bridgehead atoms. The topological polar surface area (TPSA) is 74.8 Å². The number of aliphatic imine (C=N–C) groups is 1. The number of amides is 1. The second kappa shape index (κ2) is 11.1. The SMILES string of the molecule is CN=C(NCc1cccc(NC(=O)C2CCCO2)c1)NCC1(c2ccccc2F)CC1.I. The number of carbonyl (C=O) groups excluding carboxylic acids is 1. The zero-order valence-electron chi connectivity index (χ0n) is 18.2. The minimum atomic E-state index is -0.353. The third kappa shape index (κ3) is 5.98. The Hall–Kier alpha value is -2.20. The summed E-state index contributed by atoms with van der Waals surface area (Å²) >= 11 is 0. The van der Waals surface area contributed by atoms with Gasteiger partial charge in [0.1, 0.15) is 11.9 Å². The highest BCUT2D eigenvalue weighted by atomic mass is 127. The van der Waals surface area contributed by atoms with Gasteiger partial charge >= 0.3 is 0 Å². The largest absolute Gasteiger partial charge is 0.368 e. The average Bonchev–Trinajstić information content (AvgIpc) is 3.35. The van der Waals surface area contributed by atoms with Crippen molar-refractivity contribution in [3.8, 4) is 0 Å². The molecule has 0 spiro atoms. The van der Waals surface area contributed by atoms with Crippen LogP contribution in [0.1, 0.15) is 36.8 Å². The van der Waals surface area contributed by atoms with Gasteiger partial charge in [0.2, 0.25) is 0 Å². The monoisotopic (exact) mass is 552 g/mol. The summed E-state index contributed by atoms with van der Waals surface area (Å²) in [6.07, 6.45) is 3.26. The number of nitrogens with zero attached hydrogens (tertiary/aromatic N) is 1. The minimum absolute atomic E-state index is 0. The summed E-state index contributed by atoms with van der Waals surface area (Å²) in [7, 11) is 1.72. The first kappa shape index (κ1) is 24.4. The maximum Gasteiger partial charge on any atom is 0.253 e. The van der Waals surface area contributed by atoms with Crippen molar-refractivity contribution in [2.75, 3.05) is 25.5 Å². The lowest BCUT2D eigenvalue weighted by molar-refractivity contribution is -0.124. The third-order valence-corrected chi connectivity index (χ3v) is 5.99. The molecule has 0 aromatic heterocycles. The number of carbonyl (C=O) groups is 1. The number of halogens is 2. The van der Waals surface area contributed by atoms with Crippen LogP contribution in [0.2, 0.25) is 0 Å². The fraction of sp³-hybridized carbons (Fsp3) is 0.417. The fourth-order valence-corrected chi connectivity index (χ4v) is 4.01. The molecule has 3 N–H and O–H groups in total. The van der Waals surface area contributed by atoms with Gasteiger partial charge in [0.15, 0.2) is 5.96 Å². The standard InChI is InChI=1S/C24H29FN4O2.HI/c1-26-23(28-16-24(11-12-24)19-8-2-3-9-20(19)25)27-15-17-6-4-7-18(14-17)29-22(30)21-10-5-13-31-21;/h2-4,6-9,14,21H,5,10-13,15-16H2,1H3,(H,29,30)(H2,26,27,28);1H. The van der Waals surface area contributed by atoms with E-state index in [4.69, 9.17) is 4.74 Å². The molecule has 2 aliphatic rings. The number of benzene rings is 2. The number of ether oxygens (including phenoxy) is 1. The minimum Gasteiger partial charge on any atom is -0.368 e. The molecule has 2 fully saturated rings. The zero-order chi connectivity index (χ0) is 21.7. The van der Waals surface area contributed by atoms with Crippen molar-refractivity contribution in [3.63, 3.8) is 0 Å². The van der Waals surface area contributed by atoms with Gasteiger partial charge in [0.05, 0.1) is 0 Å². The molecule has 1 saturated carbocycles. The highest BCUT2D eigenvalue weighted by Gasteiger charge is 2.45. The molecule has 2 aromatic rings. The molecule has 2 aromatic carbocycles. The molecular formula is C24H30FIN4O2. The van der Waals surface area contributed by atoms with Crippen LogP contribution in [0.4, 0.5) is 10.1 Å². The zero-order valence-corrected chi connectivity index (χ0v) is 20.5. The van der Waals surface area contributed by atoms with E-state index in [-0.39, 0.29) is 47.2 Å². The second-order valence-corrected chi connectivity index (χ2v) is 8.23. The van der Waals surface area contributed by atoms with E-state index < -0.39 is 0 Å². The van der Waals surface area contributed by atoms with Crippen LogP contribution in [0.15, 0.2) is 53.5 Å². The van der Waals surface area contributed by atoms with Gasteiger partial charge in [0.25, 0.3) is 5.91 Å². The number of nitrogens with one attached hydrogen (secondary N) is 3. The molecule has 0 radical (unpaired) electrons. The first-order valence-electron chi connectivity index (χ1n) is 10.8. The lowest BCUT2D eigenvalue weighted by Crippen LogP contribution is -2.41. The first-order chi connectivity index (χ1) is 15.1. The van der Waals surface area contributed by atoms with Crippen LogP contribution in [0.25, 0.3) is 0 Å². The third-order valence-electron chi connectivity index (χ3n) is 5.99. The maximum atomic E-state index is 14.2. The Kier molecular flexibility index (Phi) is 8.47. The molecule has 1 atom stereocenters. The predicted octanol–water partition coefficient (Wildman–Crippen LogP) is 3.96. The molecular weight excluding hydrogens is 522 g/mol. The lowest BCUT2D eigenvalue weighted by atomic mass is 9.95. The highest BCUT2D eigenvalue weighted by Crippen LogP contribution is 2.48. The average molecular weight is 552 g/mol. The molecule has 8 heteroatoms. The van der Waals surface area contributed by atoms with Gasteiger partial charge in [-0.25, -0.2) is 4.39 Å². The number of hydrogen-bond donors (Lipinski definition) is 3. The molecule has 1 aliphatic heterocycles. The summed E-state index contributed by atoms with van der Waals surface area (Å²) in [6.45, 7) is 1.83. The van der Waals surface area contributed by atoms with Crippen LogP contribution in [0.5, 0.6) is 0 Å². The van der Waals surface area contributed by atoms with E-state index in [9.17, 15) is 9.18 Å². The van der Waals surface area contributed by atoms with E-state index in [0.717, 1.165) is 42.5 Å². The summed E-state index contributed by atoms with van der Waals surface area (Å²) in [6, 6.07) is 14.7. The first-order valence-corrected chi connectivity index (χ1v) is 10.8. The van der Waals surface area contributed by atoms with Gasteiger partial charge < -0.3 is 20.7 Å². The predicted molar refractivity (Wildman–Crippen MR) is 135 cm³/mol. The molecule has 172 valence electrons. The van der Waals surface area contributed by atoms with Gasteiger partial charge in [-0.15, -0.1) is 24.0 Å². The lowest BCUT2D eigenvalue weighted by Gasteiger charge is -2.19. The van der Waals surface area contributed by atoms with Crippen molar-refractivity contribution >= 4 is 41.5 Å². The number of anilines is 1. The van der Waals surface area contributed by atoms with Crippen LogP contribution >= 0.6 is 24.0 Å². The summed E-state index contributed by atoms with van der Waals surface area (Å²) in [4.78, 5) is 16.5. The van der Waals surface area contributed by atoms with Gasteiger partial charge in [0, 0.05) is 37.8 Å². The van der Waals surface area contributed by atoms with E-state index >= 15 is 0 Å². The van der Waals surface area contributed by atoms with Crippen molar-refractivity contribution in [3.05, 3.63) is 65.5 Å². The van der Waals surface area contributed by atoms with Crippen molar-refractivity contribution in [2.24, 2.45) is 4.99 Å². The fourth-order valence-electron chi connectivity index (χ4n) is 4.01. The molecule has 1 saturated heterocycles. The molecule has 1 unspecified atom stereocenters. The molecule has 1 amide bonds. The normalized spacial score (nSPS) is 19.1. The van der Waals surface area contributed by atoms with Gasteiger partial charge in [-0.2, -0.15) is 0 Å². The van der Waals surface area contributed by atoms with Gasteiger partial charge in [-0.05, 0) is 55.0 Å². The Bertz CT molecular complexity index is 959. The molecule has 4 rings (SSSR count). The Morgan fingerprint density at radius 2 is 2.00 bits per heavy atom. The Morgan fingerprint density at radius 3 is 2.69 bits per heavy atom. The number of hydrogen-bond acceptors (Lipinski definition) is 3. The Balaban J connectivity index is 0.00000289. The smallest absolute Gasteiger partial charge is 0.253 e. The Morgan fingerprint density at radius 1 is 1.19 bits per heavy atom. The molecule has 6 nitrogen and oxygen atoms in total. The van der Waals surface area contributed by atoms with E-state index in [2.05, 4.69) is 20.9 Å². The van der Waals surface area contributed by atoms with Crippen LogP contribution in [-0.4, -0.2) is 38.2 Å². The van der Waals surface area contributed by atoms with Crippen molar-refractivity contribution in [1.82, 2.24) is 10.6 Å². The number of rotatable bonds is 7. The summed E-state index contributed by atoms with van der Waals surface area (Å²) < 4.78 is 19.7. The van der Waals surface area contributed by atoms with Crippen LogP contribution in [0.3, 0.4) is 0 Å². The van der Waals surface area contributed by atoms with Crippen LogP contribution in [0, 0.1) is 5.82 Å². The van der Waals surface area contributed by atoms with E-state index in [1.807, 2.05) is 36.4 Å². The van der Waals surface area contributed by atoms with Crippen LogP contribution in [-0.2, 0) is 21.5 Å². The van der Waals surface area contributed by atoms with E-state index in [0.29, 0.717) is 25.7 Å². The van der Waals surface area contributed by atoms with Crippen molar-refractivity contribution in [2.45, 2.75) is 43.7 Å². The molecule has 32 heavy (non-hydrogen) atoms. The summed E-state index contributed by atoms with van der Waals surface area (Å²) in [5.74, 6) is 0.422. The molecule has 1 heterocycles. The van der Waals surface area contributed by atoms with E-state index in [1.165, 1.54) is 6.07 Å². The quantitative estimate of drug-likeness (QED) is 0.276.